The number of primary sulfonamides is 1. The summed E-state index contributed by atoms with van der Waals surface area (Å²) in [5, 5.41) is 8.23. The third kappa shape index (κ3) is 6.55. The number of hydrogen-bond acceptors (Lipinski definition) is 5. The standard InChI is InChI=1S/C24H33N5O3S/c1-4-16-29-22-12-11-20(33(25,31)32)17-21(22)27-23(29)13-14-24(30)26-15-5-6-18-7-9-19(10-8-18)28(2)3/h7-12,17H,4-6,13-16H2,1-3H3,(H,26,30)(H2,25,31,32). The van der Waals surface area contributed by atoms with Gasteiger partial charge in [-0.3, -0.25) is 4.79 Å². The van der Waals surface area contributed by atoms with Crippen LogP contribution in [0.1, 0.15) is 37.6 Å². The number of imidazole rings is 1. The lowest BCUT2D eigenvalue weighted by Crippen LogP contribution is -2.25. The Hall–Kier alpha value is -2.91. The molecule has 3 aromatic rings. The summed E-state index contributed by atoms with van der Waals surface area (Å²) in [7, 11) is 0.245. The van der Waals surface area contributed by atoms with E-state index in [1.54, 1.807) is 6.07 Å². The SMILES string of the molecule is CCCn1c(CCC(=O)NCCCc2ccc(N(C)C)cc2)nc2cc(S(N)(=O)=O)ccc21. The summed E-state index contributed by atoms with van der Waals surface area (Å²) in [6, 6.07) is 13.2. The van der Waals surface area contributed by atoms with Crippen LogP contribution in [0.15, 0.2) is 47.4 Å². The third-order valence-electron chi connectivity index (χ3n) is 5.57. The highest BCUT2D eigenvalue weighted by atomic mass is 32.2. The highest BCUT2D eigenvalue weighted by Crippen LogP contribution is 2.21. The lowest BCUT2D eigenvalue weighted by molar-refractivity contribution is -0.121. The highest BCUT2D eigenvalue weighted by molar-refractivity contribution is 7.89. The summed E-state index contributed by atoms with van der Waals surface area (Å²) < 4.78 is 25.4. The van der Waals surface area contributed by atoms with E-state index in [2.05, 4.69) is 46.4 Å². The molecule has 3 rings (SSSR count). The van der Waals surface area contributed by atoms with Gasteiger partial charge in [0.25, 0.3) is 0 Å². The van der Waals surface area contributed by atoms with E-state index < -0.39 is 10.0 Å². The summed E-state index contributed by atoms with van der Waals surface area (Å²) in [5.41, 5.74) is 3.84. The van der Waals surface area contributed by atoms with Crippen LogP contribution in [-0.4, -0.2) is 44.5 Å². The minimum absolute atomic E-state index is 0.0155. The maximum atomic E-state index is 12.4. The summed E-state index contributed by atoms with van der Waals surface area (Å²) in [5.74, 6) is 0.757. The van der Waals surface area contributed by atoms with Crippen LogP contribution in [0.4, 0.5) is 5.69 Å². The average molecular weight is 472 g/mol. The van der Waals surface area contributed by atoms with Gasteiger partial charge in [0.1, 0.15) is 5.82 Å². The summed E-state index contributed by atoms with van der Waals surface area (Å²) in [6.07, 6.45) is 3.49. The molecule has 1 amide bonds. The van der Waals surface area contributed by atoms with Gasteiger partial charge in [-0.05, 0) is 55.2 Å². The average Bonchev–Trinajstić information content (AvgIpc) is 3.12. The van der Waals surface area contributed by atoms with Crippen LogP contribution in [0.3, 0.4) is 0 Å². The van der Waals surface area contributed by atoms with Crippen LogP contribution in [0.5, 0.6) is 0 Å². The van der Waals surface area contributed by atoms with Crippen molar-refractivity contribution in [2.24, 2.45) is 5.14 Å². The van der Waals surface area contributed by atoms with Crippen molar-refractivity contribution in [2.75, 3.05) is 25.5 Å². The van der Waals surface area contributed by atoms with Gasteiger partial charge in [0.05, 0.1) is 15.9 Å². The van der Waals surface area contributed by atoms with Crippen molar-refractivity contribution in [3.63, 3.8) is 0 Å². The van der Waals surface area contributed by atoms with Crippen molar-refractivity contribution in [3.05, 3.63) is 53.9 Å². The lowest BCUT2D eigenvalue weighted by atomic mass is 10.1. The zero-order valence-electron chi connectivity index (χ0n) is 19.5. The van der Waals surface area contributed by atoms with E-state index in [1.165, 1.54) is 23.4 Å². The Labute approximate surface area is 195 Å². The van der Waals surface area contributed by atoms with Gasteiger partial charge in [0.15, 0.2) is 0 Å². The first-order valence-electron chi connectivity index (χ1n) is 11.2. The molecule has 178 valence electrons. The van der Waals surface area contributed by atoms with Crippen LogP contribution < -0.4 is 15.4 Å². The second kappa shape index (κ2) is 10.8. The molecule has 0 atom stereocenters. The van der Waals surface area contributed by atoms with Crippen LogP contribution in [0.2, 0.25) is 0 Å². The molecule has 3 N–H and O–H groups in total. The Morgan fingerprint density at radius 1 is 1.12 bits per heavy atom. The number of aryl methyl sites for hydroxylation is 3. The molecule has 9 heteroatoms. The number of nitrogens with zero attached hydrogens (tertiary/aromatic N) is 3. The summed E-state index contributed by atoms with van der Waals surface area (Å²) in [6.45, 7) is 3.43. The highest BCUT2D eigenvalue weighted by Gasteiger charge is 2.15. The van der Waals surface area contributed by atoms with Crippen molar-refractivity contribution < 1.29 is 13.2 Å². The summed E-state index contributed by atoms with van der Waals surface area (Å²) in [4.78, 5) is 19.1. The molecule has 0 aliphatic rings. The predicted molar refractivity (Wildman–Crippen MR) is 132 cm³/mol. The number of sulfonamides is 1. The molecule has 0 spiro atoms. The number of hydrogen-bond donors (Lipinski definition) is 2. The van der Waals surface area contributed by atoms with Gasteiger partial charge in [-0.1, -0.05) is 19.1 Å². The molecule has 0 saturated heterocycles. The van der Waals surface area contributed by atoms with E-state index >= 15 is 0 Å². The van der Waals surface area contributed by atoms with Gasteiger partial charge in [-0.15, -0.1) is 0 Å². The second-order valence-electron chi connectivity index (χ2n) is 8.39. The quantitative estimate of drug-likeness (QED) is 0.418. The van der Waals surface area contributed by atoms with Gasteiger partial charge in [-0.25, -0.2) is 18.5 Å². The number of anilines is 1. The maximum absolute atomic E-state index is 12.4. The third-order valence-corrected chi connectivity index (χ3v) is 6.48. The first kappa shape index (κ1) is 24.7. The molecule has 0 bridgehead atoms. The first-order valence-corrected chi connectivity index (χ1v) is 12.8. The molecule has 2 aromatic carbocycles. The van der Waals surface area contributed by atoms with Crippen LogP contribution >= 0.6 is 0 Å². The molecular formula is C24H33N5O3S. The predicted octanol–water partition coefficient (Wildman–Crippen LogP) is 2.84. The van der Waals surface area contributed by atoms with Crippen molar-refractivity contribution in [1.29, 1.82) is 0 Å². The maximum Gasteiger partial charge on any atom is 0.238 e. The number of carbonyl (C=O) groups excluding carboxylic acids is 1. The van der Waals surface area contributed by atoms with Crippen LogP contribution in [-0.2, 0) is 34.2 Å². The molecule has 1 heterocycles. The fraction of sp³-hybridized carbons (Fsp3) is 0.417. The number of nitrogens with one attached hydrogen (secondary N) is 1. The molecule has 33 heavy (non-hydrogen) atoms. The molecule has 8 nitrogen and oxygen atoms in total. The molecule has 0 aliphatic carbocycles. The summed E-state index contributed by atoms with van der Waals surface area (Å²) >= 11 is 0. The van der Waals surface area contributed by atoms with Crippen LogP contribution in [0.25, 0.3) is 11.0 Å². The van der Waals surface area contributed by atoms with Gasteiger partial charge in [0, 0.05) is 45.7 Å². The van der Waals surface area contributed by atoms with E-state index in [0.717, 1.165) is 37.1 Å². The van der Waals surface area contributed by atoms with Crippen molar-refractivity contribution >= 4 is 32.7 Å². The van der Waals surface area contributed by atoms with Gasteiger partial charge >= 0.3 is 0 Å². The Bertz CT molecular complexity index is 1200. The van der Waals surface area contributed by atoms with Crippen LogP contribution in [0, 0.1) is 0 Å². The van der Waals surface area contributed by atoms with Gasteiger partial charge < -0.3 is 14.8 Å². The van der Waals surface area contributed by atoms with E-state index in [1.807, 2.05) is 18.7 Å². The minimum Gasteiger partial charge on any atom is -0.378 e. The van der Waals surface area contributed by atoms with Gasteiger partial charge in [-0.2, -0.15) is 0 Å². The fourth-order valence-electron chi connectivity index (χ4n) is 3.80. The topological polar surface area (TPSA) is 110 Å². The second-order valence-corrected chi connectivity index (χ2v) is 9.95. The number of carbonyl (C=O) groups is 1. The first-order chi connectivity index (χ1) is 15.7. The number of amides is 1. The normalized spacial score (nSPS) is 11.6. The molecule has 0 fully saturated rings. The number of fused-ring (bicyclic) bond motifs is 1. The zero-order valence-corrected chi connectivity index (χ0v) is 20.4. The number of nitrogens with two attached hydrogens (primary N) is 1. The Kier molecular flexibility index (Phi) is 8.10. The molecule has 0 unspecified atom stereocenters. The minimum atomic E-state index is -3.79. The van der Waals surface area contributed by atoms with E-state index in [0.29, 0.717) is 24.9 Å². The number of aromatic nitrogens is 2. The van der Waals surface area contributed by atoms with Crippen molar-refractivity contribution in [1.82, 2.24) is 14.9 Å². The number of benzene rings is 2. The fourth-order valence-corrected chi connectivity index (χ4v) is 4.33. The van der Waals surface area contributed by atoms with E-state index in [9.17, 15) is 13.2 Å². The largest absolute Gasteiger partial charge is 0.378 e. The van der Waals surface area contributed by atoms with Crippen molar-refractivity contribution in [2.45, 2.75) is 50.5 Å². The van der Waals surface area contributed by atoms with Gasteiger partial charge in [0.2, 0.25) is 15.9 Å². The zero-order chi connectivity index (χ0) is 24.0. The Morgan fingerprint density at radius 3 is 2.48 bits per heavy atom. The number of rotatable bonds is 11. The van der Waals surface area contributed by atoms with Crippen molar-refractivity contribution in [3.8, 4) is 0 Å². The smallest absolute Gasteiger partial charge is 0.238 e. The monoisotopic (exact) mass is 471 g/mol. The molecule has 0 aliphatic heterocycles. The van der Waals surface area contributed by atoms with E-state index in [4.69, 9.17) is 5.14 Å². The van der Waals surface area contributed by atoms with E-state index in [-0.39, 0.29) is 10.8 Å². The molecule has 0 radical (unpaired) electrons. The Balaban J connectivity index is 1.54. The molecular weight excluding hydrogens is 438 g/mol. The molecule has 1 aromatic heterocycles. The Morgan fingerprint density at radius 2 is 1.85 bits per heavy atom. The molecule has 0 saturated carbocycles. The lowest BCUT2D eigenvalue weighted by Gasteiger charge is -2.12.